The number of imide groups is 1. The van der Waals surface area contributed by atoms with Gasteiger partial charge in [-0.1, -0.05) is 12.1 Å². The first-order valence-electron chi connectivity index (χ1n) is 10.9. The second-order valence-electron chi connectivity index (χ2n) is 8.26. The third-order valence-corrected chi connectivity index (χ3v) is 5.98. The molecule has 0 bridgehead atoms. The van der Waals surface area contributed by atoms with Crippen molar-refractivity contribution >= 4 is 34.7 Å². The Morgan fingerprint density at radius 3 is 2.39 bits per heavy atom. The normalized spacial score (nSPS) is 18.7. The van der Waals surface area contributed by atoms with Crippen LogP contribution in [-0.4, -0.2) is 54.5 Å². The zero-order chi connectivity index (χ0) is 23.5. The van der Waals surface area contributed by atoms with Gasteiger partial charge in [0.15, 0.2) is 0 Å². The highest BCUT2D eigenvalue weighted by molar-refractivity contribution is 6.45. The van der Waals surface area contributed by atoms with E-state index in [0.717, 1.165) is 12.8 Å². The standard InChI is InChI=1S/C25H27N3O5/c1-16(30)26-19-7-5-18(6-8-19)22-23(27-13-3-4-17(14-27)15-29)25(32)28(24(22)31)20-9-11-21(33-2)12-10-20/h5-12,17,29H,3-4,13-15H2,1-2H3,(H,26,30). The van der Waals surface area contributed by atoms with E-state index in [1.807, 2.05) is 4.90 Å². The van der Waals surface area contributed by atoms with Crippen LogP contribution in [0.5, 0.6) is 5.75 Å². The van der Waals surface area contributed by atoms with Crippen molar-refractivity contribution in [2.75, 3.05) is 37.0 Å². The number of rotatable bonds is 6. The summed E-state index contributed by atoms with van der Waals surface area (Å²) >= 11 is 0. The summed E-state index contributed by atoms with van der Waals surface area (Å²) in [5.41, 5.74) is 2.34. The molecule has 0 spiro atoms. The van der Waals surface area contributed by atoms with Crippen molar-refractivity contribution in [1.82, 2.24) is 4.90 Å². The van der Waals surface area contributed by atoms with E-state index in [1.165, 1.54) is 11.8 Å². The molecule has 172 valence electrons. The van der Waals surface area contributed by atoms with Crippen molar-refractivity contribution in [3.05, 3.63) is 59.8 Å². The summed E-state index contributed by atoms with van der Waals surface area (Å²) in [7, 11) is 1.55. The van der Waals surface area contributed by atoms with Crippen molar-refractivity contribution in [2.45, 2.75) is 19.8 Å². The predicted octanol–water partition coefficient (Wildman–Crippen LogP) is 2.64. The number of methoxy groups -OCH3 is 1. The molecular formula is C25H27N3O5. The summed E-state index contributed by atoms with van der Waals surface area (Å²) in [5, 5.41) is 12.4. The van der Waals surface area contributed by atoms with Crippen LogP contribution in [0.3, 0.4) is 0 Å². The summed E-state index contributed by atoms with van der Waals surface area (Å²) < 4.78 is 5.19. The number of likely N-dealkylation sites (tertiary alicyclic amines) is 1. The van der Waals surface area contributed by atoms with Crippen LogP contribution in [-0.2, 0) is 14.4 Å². The molecule has 3 amide bonds. The zero-order valence-corrected chi connectivity index (χ0v) is 18.7. The summed E-state index contributed by atoms with van der Waals surface area (Å²) in [4.78, 5) is 41.7. The predicted molar refractivity (Wildman–Crippen MR) is 125 cm³/mol. The lowest BCUT2D eigenvalue weighted by Crippen LogP contribution is -2.40. The number of aliphatic hydroxyl groups excluding tert-OH is 1. The summed E-state index contributed by atoms with van der Waals surface area (Å²) in [6.45, 7) is 2.60. The topological polar surface area (TPSA) is 99.2 Å². The van der Waals surface area contributed by atoms with E-state index < -0.39 is 5.91 Å². The molecule has 1 atom stereocenters. The molecule has 0 radical (unpaired) electrons. The third kappa shape index (κ3) is 4.47. The van der Waals surface area contributed by atoms with Crippen molar-refractivity contribution in [3.8, 4) is 5.75 Å². The van der Waals surface area contributed by atoms with Crippen LogP contribution in [0, 0.1) is 5.92 Å². The van der Waals surface area contributed by atoms with E-state index >= 15 is 0 Å². The number of hydrogen-bond donors (Lipinski definition) is 2. The Labute approximate surface area is 192 Å². The van der Waals surface area contributed by atoms with Gasteiger partial charge in [-0.15, -0.1) is 0 Å². The van der Waals surface area contributed by atoms with E-state index in [4.69, 9.17) is 4.74 Å². The quantitative estimate of drug-likeness (QED) is 0.658. The minimum Gasteiger partial charge on any atom is -0.497 e. The summed E-state index contributed by atoms with van der Waals surface area (Å²) in [5.74, 6) is -0.304. The molecule has 33 heavy (non-hydrogen) atoms. The lowest BCUT2D eigenvalue weighted by molar-refractivity contribution is -0.121. The lowest BCUT2D eigenvalue weighted by atomic mass is 9.97. The van der Waals surface area contributed by atoms with Gasteiger partial charge in [0.2, 0.25) is 5.91 Å². The number of ether oxygens (including phenoxy) is 1. The number of nitrogens with one attached hydrogen (secondary N) is 1. The first-order valence-corrected chi connectivity index (χ1v) is 10.9. The molecule has 8 nitrogen and oxygen atoms in total. The number of aliphatic hydroxyl groups is 1. The fraction of sp³-hybridized carbons (Fsp3) is 0.320. The molecule has 0 aromatic heterocycles. The second kappa shape index (κ2) is 9.46. The maximum atomic E-state index is 13.6. The van der Waals surface area contributed by atoms with E-state index in [9.17, 15) is 19.5 Å². The van der Waals surface area contributed by atoms with Crippen LogP contribution >= 0.6 is 0 Å². The molecule has 2 aliphatic rings. The molecule has 1 unspecified atom stereocenters. The first kappa shape index (κ1) is 22.5. The maximum absolute atomic E-state index is 13.6. The van der Waals surface area contributed by atoms with Gasteiger partial charge in [-0.3, -0.25) is 14.4 Å². The van der Waals surface area contributed by atoms with Crippen molar-refractivity contribution in [3.63, 3.8) is 0 Å². The van der Waals surface area contributed by atoms with Crippen molar-refractivity contribution in [1.29, 1.82) is 0 Å². The van der Waals surface area contributed by atoms with Crippen LogP contribution in [0.25, 0.3) is 5.57 Å². The summed E-state index contributed by atoms with van der Waals surface area (Å²) in [6, 6.07) is 13.7. The van der Waals surface area contributed by atoms with E-state index in [0.29, 0.717) is 47.0 Å². The Morgan fingerprint density at radius 1 is 1.09 bits per heavy atom. The Hall–Kier alpha value is -3.65. The number of anilines is 2. The van der Waals surface area contributed by atoms with Crippen LogP contribution in [0.15, 0.2) is 54.2 Å². The number of benzene rings is 2. The Morgan fingerprint density at radius 2 is 1.79 bits per heavy atom. The Kier molecular flexibility index (Phi) is 6.46. The highest BCUT2D eigenvalue weighted by atomic mass is 16.5. The smallest absolute Gasteiger partial charge is 0.282 e. The van der Waals surface area contributed by atoms with Gasteiger partial charge in [0.25, 0.3) is 11.8 Å². The van der Waals surface area contributed by atoms with Gasteiger partial charge in [0.05, 0.1) is 18.4 Å². The number of carbonyl (C=O) groups is 3. The van der Waals surface area contributed by atoms with Crippen molar-refractivity contribution in [2.24, 2.45) is 5.92 Å². The number of amides is 3. The number of piperidine rings is 1. The highest BCUT2D eigenvalue weighted by Crippen LogP contribution is 2.37. The fourth-order valence-corrected chi connectivity index (χ4v) is 4.38. The van der Waals surface area contributed by atoms with Crippen LogP contribution < -0.4 is 15.0 Å². The SMILES string of the molecule is COc1ccc(N2C(=O)C(c3ccc(NC(C)=O)cc3)=C(N3CCCC(CO)C3)C2=O)cc1. The number of hydrogen-bond acceptors (Lipinski definition) is 6. The maximum Gasteiger partial charge on any atom is 0.282 e. The minimum absolute atomic E-state index is 0.0366. The number of nitrogens with zero attached hydrogens (tertiary/aromatic N) is 2. The average molecular weight is 450 g/mol. The summed E-state index contributed by atoms with van der Waals surface area (Å²) in [6.07, 6.45) is 1.71. The average Bonchev–Trinajstić information content (AvgIpc) is 3.09. The van der Waals surface area contributed by atoms with Gasteiger partial charge in [-0.05, 0) is 60.7 Å². The van der Waals surface area contributed by atoms with Gasteiger partial charge < -0.3 is 20.1 Å². The second-order valence-corrected chi connectivity index (χ2v) is 8.26. The molecular weight excluding hydrogens is 422 g/mol. The van der Waals surface area contributed by atoms with E-state index in [1.54, 1.807) is 55.6 Å². The van der Waals surface area contributed by atoms with E-state index in [2.05, 4.69) is 5.32 Å². The minimum atomic E-state index is -0.404. The van der Waals surface area contributed by atoms with Gasteiger partial charge >= 0.3 is 0 Å². The van der Waals surface area contributed by atoms with Gasteiger partial charge in [0.1, 0.15) is 11.4 Å². The van der Waals surface area contributed by atoms with E-state index in [-0.39, 0.29) is 24.3 Å². The van der Waals surface area contributed by atoms with Gasteiger partial charge in [-0.25, -0.2) is 4.90 Å². The van der Waals surface area contributed by atoms with Crippen LogP contribution in [0.1, 0.15) is 25.3 Å². The van der Waals surface area contributed by atoms with Crippen molar-refractivity contribution < 1.29 is 24.2 Å². The monoisotopic (exact) mass is 449 g/mol. The van der Waals surface area contributed by atoms with Crippen LogP contribution in [0.4, 0.5) is 11.4 Å². The molecule has 2 aromatic carbocycles. The Bertz CT molecular complexity index is 1090. The van der Waals surface area contributed by atoms with Gasteiger partial charge in [-0.2, -0.15) is 0 Å². The molecule has 8 heteroatoms. The Balaban J connectivity index is 1.76. The lowest BCUT2D eigenvalue weighted by Gasteiger charge is -2.34. The molecule has 1 fully saturated rings. The molecule has 2 heterocycles. The van der Waals surface area contributed by atoms with Crippen LogP contribution in [0.2, 0.25) is 0 Å². The molecule has 2 aliphatic heterocycles. The largest absolute Gasteiger partial charge is 0.497 e. The fourth-order valence-electron chi connectivity index (χ4n) is 4.38. The molecule has 1 saturated heterocycles. The molecule has 2 aromatic rings. The zero-order valence-electron chi connectivity index (χ0n) is 18.7. The molecule has 2 N–H and O–H groups in total. The molecule has 0 saturated carbocycles. The number of carbonyl (C=O) groups excluding carboxylic acids is 3. The van der Waals surface area contributed by atoms with Gasteiger partial charge in [0, 0.05) is 32.3 Å². The molecule has 4 rings (SSSR count). The third-order valence-electron chi connectivity index (χ3n) is 5.98. The molecule has 0 aliphatic carbocycles. The highest BCUT2D eigenvalue weighted by Gasteiger charge is 2.43. The first-order chi connectivity index (χ1) is 15.9.